The molecule has 0 spiro atoms. The number of aryl methyl sites for hydroxylation is 1. The summed E-state index contributed by atoms with van der Waals surface area (Å²) in [5.41, 5.74) is 3.37. The Kier molecular flexibility index (Phi) is 4.09. The number of nitrogens with zero attached hydrogens (tertiary/aromatic N) is 1. The van der Waals surface area contributed by atoms with E-state index in [9.17, 15) is 0 Å². The normalized spacial score (nSPS) is 12.9. The highest BCUT2D eigenvalue weighted by Gasteiger charge is 2.15. The molecule has 1 N–H and O–H groups in total. The lowest BCUT2D eigenvalue weighted by atomic mass is 10.1. The number of hydrogen-bond donors (Lipinski definition) is 1. The first kappa shape index (κ1) is 11.8. The van der Waals surface area contributed by atoms with Crippen molar-refractivity contribution in [1.29, 1.82) is 0 Å². The molecule has 1 unspecified atom stereocenters. The molecule has 0 aromatic carbocycles. The number of rotatable bonds is 5. The zero-order valence-corrected chi connectivity index (χ0v) is 11.2. The van der Waals surface area contributed by atoms with Crippen molar-refractivity contribution in [2.24, 2.45) is 0 Å². The van der Waals surface area contributed by atoms with Gasteiger partial charge in [0.25, 0.3) is 0 Å². The van der Waals surface area contributed by atoms with Gasteiger partial charge in [0, 0.05) is 28.4 Å². The summed E-state index contributed by atoms with van der Waals surface area (Å²) in [6.45, 7) is 2.21. The number of aromatic nitrogens is 1. The third kappa shape index (κ3) is 2.51. The van der Waals surface area contributed by atoms with Crippen LogP contribution in [0.3, 0.4) is 0 Å². The van der Waals surface area contributed by atoms with Crippen LogP contribution in [-0.4, -0.2) is 12.0 Å². The fourth-order valence-corrected chi connectivity index (χ4v) is 3.57. The van der Waals surface area contributed by atoms with Gasteiger partial charge in [0.05, 0.1) is 5.51 Å². The van der Waals surface area contributed by atoms with Gasteiger partial charge in [0.2, 0.25) is 0 Å². The Morgan fingerprint density at radius 1 is 1.44 bits per heavy atom. The second kappa shape index (κ2) is 5.57. The van der Waals surface area contributed by atoms with Gasteiger partial charge in [-0.3, -0.25) is 4.98 Å². The Labute approximate surface area is 104 Å². The van der Waals surface area contributed by atoms with Gasteiger partial charge < -0.3 is 5.32 Å². The zero-order chi connectivity index (χ0) is 11.4. The van der Waals surface area contributed by atoms with Crippen LogP contribution < -0.4 is 5.32 Å². The fourth-order valence-electron chi connectivity index (χ4n) is 1.82. The van der Waals surface area contributed by atoms with Crippen LogP contribution in [0.2, 0.25) is 0 Å². The molecule has 0 aliphatic heterocycles. The predicted molar refractivity (Wildman–Crippen MR) is 71.3 cm³/mol. The topological polar surface area (TPSA) is 24.9 Å². The van der Waals surface area contributed by atoms with E-state index in [1.54, 1.807) is 11.3 Å². The van der Waals surface area contributed by atoms with Crippen LogP contribution in [0, 0.1) is 0 Å². The van der Waals surface area contributed by atoms with E-state index in [1.165, 1.54) is 15.3 Å². The zero-order valence-electron chi connectivity index (χ0n) is 9.56. The van der Waals surface area contributed by atoms with Crippen molar-refractivity contribution in [2.45, 2.75) is 25.8 Å². The van der Waals surface area contributed by atoms with Gasteiger partial charge in [-0.1, -0.05) is 6.92 Å². The van der Waals surface area contributed by atoms with Gasteiger partial charge in [0.1, 0.15) is 0 Å². The molecule has 2 heterocycles. The third-order valence-electron chi connectivity index (χ3n) is 2.72. The summed E-state index contributed by atoms with van der Waals surface area (Å²) in [6, 6.07) is 2.66. The highest BCUT2D eigenvalue weighted by molar-refractivity contribution is 7.10. The number of likely N-dealkylation sites (N-methyl/N-ethyl adjacent to an activating group) is 1. The number of hydrogen-bond acceptors (Lipinski definition) is 4. The summed E-state index contributed by atoms with van der Waals surface area (Å²) >= 11 is 3.58. The number of nitrogens with one attached hydrogen (secondary N) is 1. The summed E-state index contributed by atoms with van der Waals surface area (Å²) in [5.74, 6) is 0. The molecule has 86 valence electrons. The summed E-state index contributed by atoms with van der Waals surface area (Å²) in [7, 11) is 2.03. The van der Waals surface area contributed by atoms with Gasteiger partial charge in [-0.05, 0) is 30.5 Å². The quantitative estimate of drug-likeness (QED) is 0.883. The Morgan fingerprint density at radius 3 is 2.94 bits per heavy atom. The van der Waals surface area contributed by atoms with E-state index in [2.05, 4.69) is 28.7 Å². The first-order chi connectivity index (χ1) is 7.85. The lowest BCUT2D eigenvalue weighted by molar-refractivity contribution is 0.602. The van der Waals surface area contributed by atoms with Gasteiger partial charge in [-0.25, -0.2) is 0 Å². The van der Waals surface area contributed by atoms with E-state index in [4.69, 9.17) is 0 Å². The smallest absolute Gasteiger partial charge is 0.0794 e. The summed E-state index contributed by atoms with van der Waals surface area (Å²) < 4.78 is 0. The minimum absolute atomic E-state index is 0.426. The minimum Gasteiger partial charge on any atom is -0.312 e. The molecule has 0 radical (unpaired) electrons. The van der Waals surface area contributed by atoms with Crippen molar-refractivity contribution in [3.63, 3.8) is 0 Å². The van der Waals surface area contributed by atoms with Crippen LogP contribution in [-0.2, 0) is 12.8 Å². The summed E-state index contributed by atoms with van der Waals surface area (Å²) in [6.07, 6.45) is 4.11. The van der Waals surface area contributed by atoms with Crippen molar-refractivity contribution in [2.75, 3.05) is 7.05 Å². The molecule has 16 heavy (non-hydrogen) atoms. The molecule has 0 aliphatic rings. The van der Waals surface area contributed by atoms with Gasteiger partial charge in [-0.15, -0.1) is 22.7 Å². The van der Waals surface area contributed by atoms with E-state index in [-0.39, 0.29) is 0 Å². The predicted octanol–water partition coefficient (Wildman–Crippen LogP) is 3.27. The van der Waals surface area contributed by atoms with Crippen LogP contribution in [0.4, 0.5) is 0 Å². The molecule has 0 saturated heterocycles. The Balaban J connectivity index is 2.16. The molecule has 2 aromatic rings. The average molecular weight is 252 g/mol. The maximum Gasteiger partial charge on any atom is 0.0794 e. The highest BCUT2D eigenvalue weighted by atomic mass is 32.1. The fraction of sp³-hybridized carbons (Fsp3) is 0.417. The molecule has 2 aromatic heterocycles. The van der Waals surface area contributed by atoms with E-state index in [0.717, 1.165) is 12.8 Å². The van der Waals surface area contributed by atoms with Crippen LogP contribution in [0.5, 0.6) is 0 Å². The lowest BCUT2D eigenvalue weighted by Gasteiger charge is -2.15. The second-order valence-electron chi connectivity index (χ2n) is 3.68. The highest BCUT2D eigenvalue weighted by Crippen LogP contribution is 2.28. The maximum atomic E-state index is 4.13. The average Bonchev–Trinajstić information content (AvgIpc) is 2.96. The maximum absolute atomic E-state index is 4.13. The molecular weight excluding hydrogens is 236 g/mol. The molecule has 2 rings (SSSR count). The Bertz CT molecular complexity index is 420. The Hall–Kier alpha value is -0.710. The first-order valence-electron chi connectivity index (χ1n) is 5.46. The molecule has 0 aliphatic carbocycles. The van der Waals surface area contributed by atoms with E-state index in [1.807, 2.05) is 30.1 Å². The van der Waals surface area contributed by atoms with Gasteiger partial charge in [-0.2, -0.15) is 0 Å². The molecular formula is C12H16N2S2. The van der Waals surface area contributed by atoms with Gasteiger partial charge >= 0.3 is 0 Å². The minimum atomic E-state index is 0.426. The second-order valence-corrected chi connectivity index (χ2v) is 5.60. The van der Waals surface area contributed by atoms with Crippen molar-refractivity contribution >= 4 is 22.7 Å². The first-order valence-corrected chi connectivity index (χ1v) is 7.22. The third-order valence-corrected chi connectivity index (χ3v) is 4.59. The van der Waals surface area contributed by atoms with Crippen molar-refractivity contribution in [3.8, 4) is 0 Å². The molecule has 0 saturated carbocycles. The standard InChI is InChI=1S/C12H16N2S2/c1-3-9-4-5-15-12(9)11(13-2)6-10-7-14-8-16-10/h4-5,7-8,11,13H,3,6H2,1-2H3. The monoisotopic (exact) mass is 252 g/mol. The van der Waals surface area contributed by atoms with Crippen LogP contribution in [0.1, 0.15) is 28.3 Å². The number of thiazole rings is 1. The SMILES string of the molecule is CCc1ccsc1C(Cc1cncs1)NC. The van der Waals surface area contributed by atoms with E-state index in [0.29, 0.717) is 6.04 Å². The van der Waals surface area contributed by atoms with Crippen molar-refractivity contribution < 1.29 is 0 Å². The molecule has 0 fully saturated rings. The van der Waals surface area contributed by atoms with Crippen molar-refractivity contribution in [3.05, 3.63) is 38.5 Å². The largest absolute Gasteiger partial charge is 0.312 e. The molecule has 2 nitrogen and oxygen atoms in total. The summed E-state index contributed by atoms with van der Waals surface area (Å²) in [4.78, 5) is 6.94. The van der Waals surface area contributed by atoms with Crippen LogP contribution in [0.25, 0.3) is 0 Å². The molecule has 1 atom stereocenters. The number of thiophene rings is 1. The lowest BCUT2D eigenvalue weighted by Crippen LogP contribution is -2.18. The molecule has 0 bridgehead atoms. The summed E-state index contributed by atoms with van der Waals surface area (Å²) in [5, 5.41) is 5.59. The van der Waals surface area contributed by atoms with E-state index < -0.39 is 0 Å². The molecule has 4 heteroatoms. The van der Waals surface area contributed by atoms with Crippen LogP contribution >= 0.6 is 22.7 Å². The van der Waals surface area contributed by atoms with Crippen LogP contribution in [0.15, 0.2) is 23.2 Å². The van der Waals surface area contributed by atoms with Crippen molar-refractivity contribution in [1.82, 2.24) is 10.3 Å². The molecule has 0 amide bonds. The Morgan fingerprint density at radius 2 is 2.31 bits per heavy atom. The van der Waals surface area contributed by atoms with Gasteiger partial charge in [0.15, 0.2) is 0 Å². The van der Waals surface area contributed by atoms with E-state index >= 15 is 0 Å².